The second-order valence-corrected chi connectivity index (χ2v) is 2.02. The standard InChI is InChI=1S/C5H11NO3.ClH/c1-3(2-7)4(6)5(8)9;/h3-4,7H,2,6H2,1H3,(H,8,9);1H/t3-,4-;/m1./s1. The van der Waals surface area contributed by atoms with E-state index in [1.54, 1.807) is 6.92 Å². The summed E-state index contributed by atoms with van der Waals surface area (Å²) in [6.45, 7) is 1.40. The Kier molecular flexibility index (Phi) is 6.76. The Bertz CT molecular complexity index is 109. The zero-order chi connectivity index (χ0) is 7.44. The van der Waals surface area contributed by atoms with Gasteiger partial charge in [0.2, 0.25) is 0 Å². The van der Waals surface area contributed by atoms with Gasteiger partial charge in [0.1, 0.15) is 6.04 Å². The number of nitrogens with two attached hydrogens (primary N) is 1. The average molecular weight is 170 g/mol. The van der Waals surface area contributed by atoms with Gasteiger partial charge >= 0.3 is 5.97 Å². The van der Waals surface area contributed by atoms with Gasteiger partial charge in [-0.1, -0.05) is 6.92 Å². The van der Waals surface area contributed by atoms with Crippen molar-refractivity contribution in [3.63, 3.8) is 0 Å². The van der Waals surface area contributed by atoms with Gasteiger partial charge in [0, 0.05) is 12.5 Å². The fourth-order valence-electron chi connectivity index (χ4n) is 0.357. The molecule has 0 saturated carbocycles. The van der Waals surface area contributed by atoms with E-state index in [0.29, 0.717) is 0 Å². The van der Waals surface area contributed by atoms with Crippen LogP contribution >= 0.6 is 12.4 Å². The fraction of sp³-hybridized carbons (Fsp3) is 0.800. The van der Waals surface area contributed by atoms with Gasteiger partial charge in [0.05, 0.1) is 0 Å². The molecule has 2 atom stereocenters. The molecule has 0 spiro atoms. The molecule has 0 amide bonds. The first-order valence-electron chi connectivity index (χ1n) is 2.68. The summed E-state index contributed by atoms with van der Waals surface area (Å²) < 4.78 is 0. The van der Waals surface area contributed by atoms with Crippen LogP contribution in [-0.2, 0) is 4.79 Å². The highest BCUT2D eigenvalue weighted by Gasteiger charge is 2.18. The molecule has 0 fully saturated rings. The third kappa shape index (κ3) is 3.66. The molecule has 0 rings (SSSR count). The Labute approximate surface area is 65.4 Å². The number of aliphatic hydroxyl groups excluding tert-OH is 1. The number of rotatable bonds is 3. The van der Waals surface area contributed by atoms with Crippen molar-refractivity contribution in [2.75, 3.05) is 6.61 Å². The third-order valence-electron chi connectivity index (χ3n) is 1.19. The number of hydrogen-bond acceptors (Lipinski definition) is 3. The van der Waals surface area contributed by atoms with Crippen molar-refractivity contribution in [3.05, 3.63) is 0 Å². The lowest BCUT2D eigenvalue weighted by Gasteiger charge is -2.11. The normalized spacial score (nSPS) is 15.1. The molecule has 0 aromatic rings. The van der Waals surface area contributed by atoms with E-state index in [4.69, 9.17) is 15.9 Å². The van der Waals surface area contributed by atoms with E-state index < -0.39 is 12.0 Å². The highest BCUT2D eigenvalue weighted by atomic mass is 35.5. The highest BCUT2D eigenvalue weighted by molar-refractivity contribution is 5.85. The van der Waals surface area contributed by atoms with Gasteiger partial charge in [0.15, 0.2) is 0 Å². The summed E-state index contributed by atoms with van der Waals surface area (Å²) in [5.41, 5.74) is 5.11. The van der Waals surface area contributed by atoms with Crippen LogP contribution in [0, 0.1) is 5.92 Å². The Morgan fingerprint density at radius 3 is 2.20 bits per heavy atom. The molecular formula is C5H12ClNO3. The second-order valence-electron chi connectivity index (χ2n) is 2.02. The lowest BCUT2D eigenvalue weighted by molar-refractivity contribution is -0.140. The topological polar surface area (TPSA) is 83.5 Å². The van der Waals surface area contributed by atoms with Crippen LogP contribution in [0.4, 0.5) is 0 Å². The smallest absolute Gasteiger partial charge is 0.320 e. The number of halogens is 1. The van der Waals surface area contributed by atoms with Gasteiger partial charge in [0.25, 0.3) is 0 Å². The predicted octanol–water partition coefficient (Wildman–Crippen LogP) is -0.551. The predicted molar refractivity (Wildman–Crippen MR) is 39.1 cm³/mol. The molecule has 5 heteroatoms. The van der Waals surface area contributed by atoms with Gasteiger partial charge < -0.3 is 15.9 Å². The lowest BCUT2D eigenvalue weighted by Crippen LogP contribution is -2.38. The Hall–Kier alpha value is -0.320. The van der Waals surface area contributed by atoms with Crippen molar-refractivity contribution in [1.82, 2.24) is 0 Å². The summed E-state index contributed by atoms with van der Waals surface area (Å²) in [4.78, 5) is 10.1. The number of carbonyl (C=O) groups is 1. The van der Waals surface area contributed by atoms with Crippen molar-refractivity contribution in [2.24, 2.45) is 11.7 Å². The molecule has 0 radical (unpaired) electrons. The van der Waals surface area contributed by atoms with Crippen LogP contribution in [0.1, 0.15) is 6.92 Å². The summed E-state index contributed by atoms with van der Waals surface area (Å²) in [7, 11) is 0. The Morgan fingerprint density at radius 2 is 2.10 bits per heavy atom. The Balaban J connectivity index is 0. The van der Waals surface area contributed by atoms with E-state index in [1.165, 1.54) is 0 Å². The zero-order valence-electron chi connectivity index (χ0n) is 5.65. The van der Waals surface area contributed by atoms with Crippen LogP contribution in [0.25, 0.3) is 0 Å². The van der Waals surface area contributed by atoms with Crippen LogP contribution in [-0.4, -0.2) is 28.8 Å². The first kappa shape index (κ1) is 12.4. The van der Waals surface area contributed by atoms with Crippen molar-refractivity contribution >= 4 is 18.4 Å². The first-order chi connectivity index (χ1) is 4.09. The molecule has 0 aromatic carbocycles. The molecule has 0 bridgehead atoms. The van der Waals surface area contributed by atoms with Gasteiger partial charge in [-0.25, -0.2) is 0 Å². The summed E-state index contributed by atoms with van der Waals surface area (Å²) in [6, 6.07) is -0.949. The molecule has 4 N–H and O–H groups in total. The number of carboxylic acid groups (broad SMARTS) is 1. The third-order valence-corrected chi connectivity index (χ3v) is 1.19. The van der Waals surface area contributed by atoms with Crippen LogP contribution in [0.3, 0.4) is 0 Å². The maximum atomic E-state index is 10.1. The van der Waals surface area contributed by atoms with E-state index in [1.807, 2.05) is 0 Å². The monoisotopic (exact) mass is 169 g/mol. The molecule has 0 heterocycles. The van der Waals surface area contributed by atoms with Crippen LogP contribution in [0.2, 0.25) is 0 Å². The number of hydrogen-bond donors (Lipinski definition) is 3. The largest absolute Gasteiger partial charge is 0.480 e. The van der Waals surface area contributed by atoms with Crippen molar-refractivity contribution < 1.29 is 15.0 Å². The molecule has 0 saturated heterocycles. The minimum Gasteiger partial charge on any atom is -0.480 e. The summed E-state index contributed by atoms with van der Waals surface area (Å²) in [5, 5.41) is 16.7. The SMILES string of the molecule is C[C@H](CO)[C@@H](N)C(=O)O.Cl. The molecule has 10 heavy (non-hydrogen) atoms. The van der Waals surface area contributed by atoms with E-state index in [-0.39, 0.29) is 24.9 Å². The molecular weight excluding hydrogens is 158 g/mol. The highest BCUT2D eigenvalue weighted by Crippen LogP contribution is 1.97. The Morgan fingerprint density at radius 1 is 1.70 bits per heavy atom. The molecule has 62 valence electrons. The number of aliphatic carboxylic acids is 1. The average Bonchev–Trinajstić information content (AvgIpc) is 1.84. The summed E-state index contributed by atoms with van der Waals surface area (Å²) in [6.07, 6.45) is 0. The quantitative estimate of drug-likeness (QED) is 0.529. The summed E-state index contributed by atoms with van der Waals surface area (Å²) >= 11 is 0. The molecule has 0 aliphatic carbocycles. The van der Waals surface area contributed by atoms with E-state index in [9.17, 15) is 4.79 Å². The number of carboxylic acids is 1. The minimum atomic E-state index is -1.07. The zero-order valence-corrected chi connectivity index (χ0v) is 6.47. The van der Waals surface area contributed by atoms with Gasteiger partial charge in [-0.2, -0.15) is 0 Å². The van der Waals surface area contributed by atoms with Crippen LogP contribution in [0.15, 0.2) is 0 Å². The molecule has 0 aliphatic rings. The molecule has 4 nitrogen and oxygen atoms in total. The number of aliphatic hydroxyl groups is 1. The van der Waals surface area contributed by atoms with E-state index >= 15 is 0 Å². The molecule has 0 unspecified atom stereocenters. The maximum Gasteiger partial charge on any atom is 0.320 e. The van der Waals surface area contributed by atoms with Gasteiger partial charge in [-0.3, -0.25) is 4.79 Å². The fourth-order valence-corrected chi connectivity index (χ4v) is 0.357. The van der Waals surface area contributed by atoms with Gasteiger partial charge in [-0.05, 0) is 0 Å². The van der Waals surface area contributed by atoms with Crippen molar-refractivity contribution in [3.8, 4) is 0 Å². The van der Waals surface area contributed by atoms with Crippen LogP contribution < -0.4 is 5.73 Å². The molecule has 0 aromatic heterocycles. The summed E-state index contributed by atoms with van der Waals surface area (Å²) in [5.74, 6) is -1.45. The van der Waals surface area contributed by atoms with Crippen molar-refractivity contribution in [2.45, 2.75) is 13.0 Å². The minimum absolute atomic E-state index is 0. The maximum absolute atomic E-state index is 10.1. The van der Waals surface area contributed by atoms with Gasteiger partial charge in [-0.15, -0.1) is 12.4 Å². The first-order valence-corrected chi connectivity index (χ1v) is 2.68. The second kappa shape index (κ2) is 5.46. The van der Waals surface area contributed by atoms with E-state index in [0.717, 1.165) is 0 Å². The van der Waals surface area contributed by atoms with Crippen molar-refractivity contribution in [1.29, 1.82) is 0 Å². The van der Waals surface area contributed by atoms with Crippen LogP contribution in [0.5, 0.6) is 0 Å². The molecule has 0 aliphatic heterocycles. The lowest BCUT2D eigenvalue weighted by atomic mass is 10.1. The van der Waals surface area contributed by atoms with E-state index in [2.05, 4.69) is 0 Å².